The van der Waals surface area contributed by atoms with E-state index in [1.54, 1.807) is 31.2 Å². The molecule has 2 aromatic rings. The quantitative estimate of drug-likeness (QED) is 0.242. The van der Waals surface area contributed by atoms with Gasteiger partial charge in [0.2, 0.25) is 11.8 Å². The summed E-state index contributed by atoms with van der Waals surface area (Å²) in [6.07, 6.45) is 2.01. The molecule has 3 rings (SSSR count). The Hall–Kier alpha value is -3.50. The fourth-order valence-electron chi connectivity index (χ4n) is 4.07. The number of carbonyl (C=O) groups is 3. The van der Waals surface area contributed by atoms with Gasteiger partial charge in [0, 0.05) is 12.1 Å². The molecule has 38 heavy (non-hydrogen) atoms. The topological polar surface area (TPSA) is 132 Å². The van der Waals surface area contributed by atoms with Gasteiger partial charge in [-0.25, -0.2) is 9.18 Å². The van der Waals surface area contributed by atoms with E-state index in [2.05, 4.69) is 28.2 Å². The number of ether oxygens (including phenoxy) is 1. The van der Waals surface area contributed by atoms with E-state index in [1.807, 2.05) is 0 Å². The van der Waals surface area contributed by atoms with E-state index in [0.29, 0.717) is 17.0 Å². The Balaban J connectivity index is 1.41. The molecule has 0 aromatic heterocycles. The summed E-state index contributed by atoms with van der Waals surface area (Å²) < 4.78 is 18.5. The molecule has 204 valence electrons. The van der Waals surface area contributed by atoms with Crippen LogP contribution in [0.5, 0.6) is 0 Å². The van der Waals surface area contributed by atoms with Crippen molar-refractivity contribution in [3.63, 3.8) is 0 Å². The summed E-state index contributed by atoms with van der Waals surface area (Å²) in [6.45, 7) is 4.62. The zero-order valence-electron chi connectivity index (χ0n) is 21.4. The third-order valence-corrected chi connectivity index (χ3v) is 6.76. The standard InChI is InChI=1S/C27H33ClFN5O4/c1-3-17-10-11-31-23(13-17)26(36)33-16(2)25(35)32-14-18-4-7-20(8-5-18)24(30)34-27(37)38-15-19-6-9-21(28)22(29)12-19/h4-9,12,16-17,23,31H,3,10-11,13-15H2,1-2H3,(H,32,35)(H,33,36)(H2,30,34,37)/t16-,17-,23+/m0/s1. The Labute approximate surface area is 226 Å². The minimum absolute atomic E-state index is 0.0263. The number of amides is 3. The number of alkyl carbamates (subject to hydrolysis) is 1. The van der Waals surface area contributed by atoms with Gasteiger partial charge in [-0.05, 0) is 55.5 Å². The van der Waals surface area contributed by atoms with Crippen LogP contribution in [0.3, 0.4) is 0 Å². The molecule has 0 radical (unpaired) electrons. The van der Waals surface area contributed by atoms with Crippen LogP contribution in [-0.4, -0.2) is 42.4 Å². The largest absolute Gasteiger partial charge is 0.444 e. The number of carbonyl (C=O) groups excluding carboxylic acids is 3. The van der Waals surface area contributed by atoms with E-state index in [1.165, 1.54) is 18.2 Å². The molecular formula is C27H33ClFN5O4. The maximum absolute atomic E-state index is 13.5. The van der Waals surface area contributed by atoms with Gasteiger partial charge in [0.15, 0.2) is 0 Å². The second-order valence-corrected chi connectivity index (χ2v) is 9.68. The summed E-state index contributed by atoms with van der Waals surface area (Å²) in [7, 11) is 0. The van der Waals surface area contributed by atoms with E-state index in [9.17, 15) is 18.8 Å². The molecule has 3 amide bonds. The first-order chi connectivity index (χ1) is 18.2. The molecule has 2 aromatic carbocycles. The molecule has 9 nitrogen and oxygen atoms in total. The van der Waals surface area contributed by atoms with Crippen molar-refractivity contribution in [3.05, 3.63) is 70.0 Å². The smallest absolute Gasteiger partial charge is 0.413 e. The molecule has 3 atom stereocenters. The number of halogens is 2. The van der Waals surface area contributed by atoms with Gasteiger partial charge >= 0.3 is 6.09 Å². The highest BCUT2D eigenvalue weighted by molar-refractivity contribution is 6.30. The van der Waals surface area contributed by atoms with E-state index < -0.39 is 18.0 Å². The molecule has 1 aliphatic heterocycles. The summed E-state index contributed by atoms with van der Waals surface area (Å²) in [6, 6.07) is 9.80. The molecule has 0 bridgehead atoms. The zero-order chi connectivity index (χ0) is 27.7. The monoisotopic (exact) mass is 545 g/mol. The average Bonchev–Trinajstić information content (AvgIpc) is 2.92. The lowest BCUT2D eigenvalue weighted by Crippen LogP contribution is -2.53. The molecule has 0 unspecified atom stereocenters. The number of benzene rings is 2. The Morgan fingerprint density at radius 3 is 2.58 bits per heavy atom. The van der Waals surface area contributed by atoms with Crippen LogP contribution in [0.2, 0.25) is 5.02 Å². The van der Waals surface area contributed by atoms with Crippen LogP contribution in [0.15, 0.2) is 42.5 Å². The second kappa shape index (κ2) is 13.9. The van der Waals surface area contributed by atoms with Crippen molar-refractivity contribution in [1.29, 1.82) is 5.41 Å². The first kappa shape index (κ1) is 29.1. The van der Waals surface area contributed by atoms with Crippen molar-refractivity contribution in [1.82, 2.24) is 21.3 Å². The summed E-state index contributed by atoms with van der Waals surface area (Å²) in [5, 5.41) is 19.2. The van der Waals surface area contributed by atoms with Gasteiger partial charge in [0.1, 0.15) is 24.3 Å². The predicted molar refractivity (Wildman–Crippen MR) is 142 cm³/mol. The van der Waals surface area contributed by atoms with Crippen molar-refractivity contribution < 1.29 is 23.5 Å². The summed E-state index contributed by atoms with van der Waals surface area (Å²) in [4.78, 5) is 37.0. The Morgan fingerprint density at radius 2 is 1.89 bits per heavy atom. The number of rotatable bonds is 9. The van der Waals surface area contributed by atoms with Gasteiger partial charge in [-0.3, -0.25) is 20.3 Å². The summed E-state index contributed by atoms with van der Waals surface area (Å²) >= 11 is 5.63. The highest BCUT2D eigenvalue weighted by atomic mass is 35.5. The predicted octanol–water partition coefficient (Wildman–Crippen LogP) is 3.63. The second-order valence-electron chi connectivity index (χ2n) is 9.27. The fourth-order valence-corrected chi connectivity index (χ4v) is 4.18. The van der Waals surface area contributed by atoms with Gasteiger partial charge < -0.3 is 20.7 Å². The first-order valence-electron chi connectivity index (χ1n) is 12.5. The third-order valence-electron chi connectivity index (χ3n) is 6.45. The highest BCUT2D eigenvalue weighted by Gasteiger charge is 2.27. The molecule has 1 aliphatic rings. The van der Waals surface area contributed by atoms with Crippen LogP contribution in [-0.2, 0) is 27.5 Å². The van der Waals surface area contributed by atoms with Crippen LogP contribution >= 0.6 is 11.6 Å². The maximum Gasteiger partial charge on any atom is 0.413 e. The van der Waals surface area contributed by atoms with Crippen LogP contribution < -0.4 is 21.3 Å². The molecule has 1 fully saturated rings. The fraction of sp³-hybridized carbons (Fsp3) is 0.407. The van der Waals surface area contributed by atoms with Crippen LogP contribution in [0.4, 0.5) is 9.18 Å². The lowest BCUT2D eigenvalue weighted by Gasteiger charge is -2.29. The van der Waals surface area contributed by atoms with Crippen LogP contribution in [0.1, 0.15) is 49.8 Å². The molecule has 1 saturated heterocycles. The Bertz CT molecular complexity index is 1160. The number of hydrogen-bond acceptors (Lipinski definition) is 6. The van der Waals surface area contributed by atoms with Gasteiger partial charge in [-0.2, -0.15) is 0 Å². The minimum atomic E-state index is -0.855. The van der Waals surface area contributed by atoms with Gasteiger partial charge in [-0.1, -0.05) is 55.3 Å². The van der Waals surface area contributed by atoms with Crippen molar-refractivity contribution >= 4 is 35.3 Å². The van der Waals surface area contributed by atoms with Gasteiger partial charge in [0.05, 0.1) is 11.1 Å². The van der Waals surface area contributed by atoms with Crippen molar-refractivity contribution in [2.75, 3.05) is 6.54 Å². The average molecular weight is 546 g/mol. The normalized spacial score (nSPS) is 17.7. The SMILES string of the molecule is CC[C@H]1CCN[C@@H](C(=O)N[C@@H](C)C(=O)NCc2ccc(C(=N)NC(=O)OCc3ccc(Cl)c(F)c3)cc2)C1. The lowest BCUT2D eigenvalue weighted by atomic mass is 9.90. The molecular weight excluding hydrogens is 513 g/mol. The molecule has 5 N–H and O–H groups in total. The molecule has 0 aliphatic carbocycles. The van der Waals surface area contributed by atoms with Crippen molar-refractivity contribution in [2.24, 2.45) is 5.92 Å². The van der Waals surface area contributed by atoms with Gasteiger partial charge in [0.25, 0.3) is 0 Å². The maximum atomic E-state index is 13.5. The van der Waals surface area contributed by atoms with E-state index >= 15 is 0 Å². The molecule has 11 heteroatoms. The number of amidine groups is 1. The van der Waals surface area contributed by atoms with Crippen molar-refractivity contribution in [2.45, 2.75) is 58.3 Å². The van der Waals surface area contributed by atoms with Crippen LogP contribution in [0.25, 0.3) is 0 Å². The Morgan fingerprint density at radius 1 is 1.18 bits per heavy atom. The minimum Gasteiger partial charge on any atom is -0.444 e. The zero-order valence-corrected chi connectivity index (χ0v) is 22.2. The van der Waals surface area contributed by atoms with E-state index in [4.69, 9.17) is 21.7 Å². The molecule has 1 heterocycles. The third kappa shape index (κ3) is 8.53. The van der Waals surface area contributed by atoms with Crippen molar-refractivity contribution in [3.8, 4) is 0 Å². The highest BCUT2D eigenvalue weighted by Crippen LogP contribution is 2.19. The Kier molecular flexibility index (Phi) is 10.6. The lowest BCUT2D eigenvalue weighted by molar-refractivity contribution is -0.130. The first-order valence-corrected chi connectivity index (χ1v) is 12.9. The van der Waals surface area contributed by atoms with E-state index in [0.717, 1.165) is 31.4 Å². The molecule has 0 spiro atoms. The number of hydrogen-bond donors (Lipinski definition) is 5. The number of nitrogens with one attached hydrogen (secondary N) is 5. The number of piperidine rings is 1. The van der Waals surface area contributed by atoms with Crippen LogP contribution in [0, 0.1) is 17.1 Å². The summed E-state index contributed by atoms with van der Waals surface area (Å²) in [5.41, 5.74) is 1.63. The van der Waals surface area contributed by atoms with E-state index in [-0.39, 0.29) is 41.9 Å². The molecule has 0 saturated carbocycles. The van der Waals surface area contributed by atoms with Gasteiger partial charge in [-0.15, -0.1) is 0 Å². The summed E-state index contributed by atoms with van der Waals surface area (Å²) in [5.74, 6) is -0.742.